The Labute approximate surface area is 460 Å². The molecule has 12 heteroatoms. The Morgan fingerprint density at radius 3 is 1.19 bits per heavy atom. The quantitative estimate of drug-likeness (QED) is 0.0958. The number of phenols is 1. The number of ether oxygens (including phenoxy) is 3. The van der Waals surface area contributed by atoms with Gasteiger partial charge in [0.15, 0.2) is 5.75 Å². The molecule has 0 aliphatic rings. The predicted octanol–water partition coefficient (Wildman–Crippen LogP) is 17.6. The van der Waals surface area contributed by atoms with Crippen molar-refractivity contribution in [2.45, 2.75) is 163 Å². The van der Waals surface area contributed by atoms with Crippen LogP contribution in [0.1, 0.15) is 158 Å². The van der Waals surface area contributed by atoms with Crippen LogP contribution in [0.15, 0.2) is 57.5 Å². The summed E-state index contributed by atoms with van der Waals surface area (Å²) in [5.41, 5.74) is 10.6. The van der Waals surface area contributed by atoms with E-state index in [-0.39, 0.29) is 5.75 Å². The number of phenolic OH excluding ortho intramolecular Hbond substituents is 1. The summed E-state index contributed by atoms with van der Waals surface area (Å²) >= 11 is 6.91. The molecule has 4 aromatic carbocycles. The number of hydrogen-bond acceptors (Lipinski definition) is 10. The molecule has 0 aliphatic heterocycles. The van der Waals surface area contributed by atoms with E-state index in [4.69, 9.17) is 29.4 Å². The molecule has 0 aliphatic carbocycles. The summed E-state index contributed by atoms with van der Waals surface area (Å²) < 4.78 is 16.6. The number of aliphatic hydroxyl groups is 2. The van der Waals surface area contributed by atoms with Crippen LogP contribution in [0, 0.1) is 63.2 Å². The third-order valence-electron chi connectivity index (χ3n) is 11.1. The minimum absolute atomic E-state index is 0.131. The number of hydrogen-bond donors (Lipinski definition) is 3. The summed E-state index contributed by atoms with van der Waals surface area (Å²) in [5, 5.41) is 26.7. The van der Waals surface area contributed by atoms with Crippen molar-refractivity contribution in [2.24, 2.45) is 35.5 Å². The van der Waals surface area contributed by atoms with Crippen LogP contribution in [-0.2, 0) is 9.47 Å². The third kappa shape index (κ3) is 30.0. The molecule has 0 saturated carbocycles. The minimum atomic E-state index is 0.131. The van der Waals surface area contributed by atoms with Crippen LogP contribution < -0.4 is 4.74 Å². The summed E-state index contributed by atoms with van der Waals surface area (Å²) in [6.45, 7) is 40.9. The van der Waals surface area contributed by atoms with Crippen LogP contribution in [0.25, 0.3) is 44.1 Å². The van der Waals surface area contributed by atoms with Crippen molar-refractivity contribution in [1.29, 1.82) is 0 Å². The Hall–Kier alpha value is -3.52. The van der Waals surface area contributed by atoms with E-state index in [1.807, 2.05) is 63.2 Å². The second-order valence-electron chi connectivity index (χ2n) is 20.7. The highest BCUT2D eigenvalue weighted by molar-refractivity contribution is 9.11. The van der Waals surface area contributed by atoms with Crippen LogP contribution in [0.4, 0.5) is 0 Å². The van der Waals surface area contributed by atoms with Gasteiger partial charge in [-0.2, -0.15) is 0 Å². The van der Waals surface area contributed by atoms with Gasteiger partial charge < -0.3 is 29.5 Å². The van der Waals surface area contributed by atoms with Crippen LogP contribution in [0.5, 0.6) is 11.5 Å². The zero-order valence-corrected chi connectivity index (χ0v) is 52.4. The van der Waals surface area contributed by atoms with Crippen LogP contribution in [0.2, 0.25) is 0 Å². The lowest BCUT2D eigenvalue weighted by atomic mass is 10.1. The summed E-state index contributed by atoms with van der Waals surface area (Å²) in [5.74, 6) is 5.53. The summed E-state index contributed by atoms with van der Waals surface area (Å²) in [7, 11) is 5.14. The summed E-state index contributed by atoms with van der Waals surface area (Å²) in [6, 6.07) is 15.9. The van der Waals surface area contributed by atoms with E-state index >= 15 is 0 Å². The zero-order chi connectivity index (χ0) is 56.4. The predicted molar refractivity (Wildman–Crippen MR) is 323 cm³/mol. The number of rotatable bonds is 13. The highest BCUT2D eigenvalue weighted by atomic mass is 79.9. The molecule has 6 rings (SSSR count). The van der Waals surface area contributed by atoms with E-state index in [0.717, 1.165) is 115 Å². The first kappa shape index (κ1) is 71.6. The van der Waals surface area contributed by atoms with Crippen LogP contribution in [0.3, 0.4) is 0 Å². The molecule has 2 aromatic heterocycles. The topological polar surface area (TPSA) is 140 Å². The molecular weight excluding hydrogens is 1040 g/mol. The largest absolute Gasteiger partial charge is 0.504 e. The fourth-order valence-corrected chi connectivity index (χ4v) is 6.64. The van der Waals surface area contributed by atoms with Crippen molar-refractivity contribution in [3.8, 4) is 11.5 Å². The first-order valence-electron chi connectivity index (χ1n) is 26.5. The first-order valence-corrected chi connectivity index (χ1v) is 28.0. The molecule has 2 heterocycles. The second-order valence-corrected chi connectivity index (χ2v) is 22.3. The van der Waals surface area contributed by atoms with Gasteiger partial charge in [-0.1, -0.05) is 134 Å². The normalized spacial score (nSPS) is 10.6. The second kappa shape index (κ2) is 40.7. The maximum atomic E-state index is 10.2. The number of aryl methyl sites for hydroxylation is 3. The molecule has 0 fully saturated rings. The Morgan fingerprint density at radius 2 is 0.863 bits per heavy atom. The number of aliphatic hydroxyl groups excluding tert-OH is 2. The summed E-state index contributed by atoms with van der Waals surface area (Å²) in [6.07, 6.45) is 6.83. The van der Waals surface area contributed by atoms with E-state index in [0.29, 0.717) is 40.6 Å². The fourth-order valence-electron chi connectivity index (χ4n) is 5.51. The number of aromatic nitrogens is 4. The minimum Gasteiger partial charge on any atom is -0.504 e. The van der Waals surface area contributed by atoms with E-state index in [1.54, 1.807) is 21.3 Å². The highest BCUT2D eigenvalue weighted by Gasteiger charge is 2.17. The molecule has 0 saturated heterocycles. The first-order chi connectivity index (χ1) is 34.3. The molecule has 414 valence electrons. The van der Waals surface area contributed by atoms with Gasteiger partial charge in [0.1, 0.15) is 22.3 Å². The van der Waals surface area contributed by atoms with Gasteiger partial charge >= 0.3 is 0 Å². The van der Waals surface area contributed by atoms with Crippen LogP contribution in [-0.4, -0.2) is 83.0 Å². The van der Waals surface area contributed by atoms with Crippen molar-refractivity contribution in [3.63, 3.8) is 0 Å². The molecule has 10 nitrogen and oxygen atoms in total. The molecule has 73 heavy (non-hydrogen) atoms. The standard InChI is InChI=1S/C15H14N2O.C14H10Br2N2O.2C6H14O.2C5H12O.2C5H12/c1-9-7-12-15(13(8-9)18-3)16-11-6-4-5-10(2)14(11)17-12;1-6-4-3-5-8-11(6)18-12-9(15)7(2)10(16)14(19)13(12)17-8;2*1-6(2)4-5-7-3;2*1-5(2)3-4-6;2*1-4-5(2)3/h4-8H,1-3H3;3-5,19H,1-2H3;2*6H,4-5H2,1-3H3;2*5-6H,3-4H2,1-2H3;2*5H,4H2,1-3H3. The SMILES string of the molecule is CC(C)CCO.CC(C)CCO.CCC(C)C.CCC(C)C.COCCC(C)C.COCCC(C)C.COc1cc(C)cc2nc3c(C)cccc3nc12.Cc1c(Br)c(O)c2nc3cccc(C)c3nc2c1Br. The number of aromatic hydroxyl groups is 1. The number of benzene rings is 4. The fraction of sp³-hybridized carbons (Fsp3) is 0.607. The molecule has 0 radical (unpaired) electrons. The third-order valence-corrected chi connectivity index (χ3v) is 13.1. The van der Waals surface area contributed by atoms with Gasteiger partial charge in [-0.05, 0) is 167 Å². The van der Waals surface area contributed by atoms with Gasteiger partial charge in [0.25, 0.3) is 0 Å². The molecule has 0 bridgehead atoms. The smallest absolute Gasteiger partial charge is 0.158 e. The number of methoxy groups -OCH3 is 3. The van der Waals surface area contributed by atoms with Crippen LogP contribution >= 0.6 is 31.9 Å². The average Bonchev–Trinajstić information content (AvgIpc) is 3.34. The molecule has 0 atom stereocenters. The van der Waals surface area contributed by atoms with Crippen molar-refractivity contribution in [3.05, 3.63) is 79.7 Å². The van der Waals surface area contributed by atoms with Gasteiger partial charge in [0.05, 0.1) is 39.2 Å². The molecule has 6 aromatic rings. The highest BCUT2D eigenvalue weighted by Crippen LogP contribution is 2.40. The van der Waals surface area contributed by atoms with E-state index in [2.05, 4.69) is 157 Å². The molecule has 0 amide bonds. The van der Waals surface area contributed by atoms with Crippen molar-refractivity contribution in [1.82, 2.24) is 19.9 Å². The Morgan fingerprint density at radius 1 is 0.479 bits per heavy atom. The van der Waals surface area contributed by atoms with Crippen molar-refractivity contribution >= 4 is 76.0 Å². The maximum absolute atomic E-state index is 10.2. The molecule has 0 spiro atoms. The number of fused-ring (bicyclic) bond motifs is 4. The monoisotopic (exact) mass is 1140 g/mol. The number of nitrogens with zero attached hydrogens (tertiary/aromatic N) is 4. The Balaban J connectivity index is 0. The number of halogens is 2. The van der Waals surface area contributed by atoms with Crippen molar-refractivity contribution in [2.75, 3.05) is 47.8 Å². The Bertz CT molecular complexity index is 2360. The van der Waals surface area contributed by atoms with E-state index < -0.39 is 0 Å². The summed E-state index contributed by atoms with van der Waals surface area (Å²) in [4.78, 5) is 18.5. The Kier molecular flexibility index (Phi) is 39.9. The lowest BCUT2D eigenvalue weighted by molar-refractivity contribution is 0.183. The van der Waals surface area contributed by atoms with Gasteiger partial charge in [-0.3, -0.25) is 0 Å². The van der Waals surface area contributed by atoms with Gasteiger partial charge in [0, 0.05) is 45.1 Å². The van der Waals surface area contributed by atoms with E-state index in [1.165, 1.54) is 25.7 Å². The van der Waals surface area contributed by atoms with E-state index in [9.17, 15) is 5.11 Å². The van der Waals surface area contributed by atoms with Crippen molar-refractivity contribution < 1.29 is 29.5 Å². The number of para-hydroxylation sites is 2. The lowest BCUT2D eigenvalue weighted by Gasteiger charge is -2.10. The molecule has 0 unspecified atom stereocenters. The van der Waals surface area contributed by atoms with Gasteiger partial charge in [-0.25, -0.2) is 19.9 Å². The zero-order valence-electron chi connectivity index (χ0n) is 49.3. The molecule has 3 N–H and O–H groups in total. The molecular formula is C61H100Br2N4O6. The average molecular weight is 1150 g/mol. The maximum Gasteiger partial charge on any atom is 0.158 e. The van der Waals surface area contributed by atoms with Gasteiger partial charge in [-0.15, -0.1) is 0 Å². The lowest BCUT2D eigenvalue weighted by Crippen LogP contribution is -1.94. The van der Waals surface area contributed by atoms with Gasteiger partial charge in [0.2, 0.25) is 0 Å².